The third-order valence-corrected chi connectivity index (χ3v) is 4.16. The molecule has 0 aliphatic rings. The van der Waals surface area contributed by atoms with Crippen molar-refractivity contribution in [2.24, 2.45) is 0 Å². The predicted molar refractivity (Wildman–Crippen MR) is 102 cm³/mol. The standard InChI is InChI=1S/C22H17F2N3/c1-14(2)21-19(4-3-13-25)20(15-5-9-17(23)10-6-15)22(27-26-21)16-7-11-18(24)12-8-16/h3-12,14H,1-2H3. The number of hydrogen-bond donors (Lipinski definition) is 0. The Balaban J connectivity index is 2.36. The first-order valence-electron chi connectivity index (χ1n) is 8.50. The third-order valence-electron chi connectivity index (χ3n) is 4.16. The lowest BCUT2D eigenvalue weighted by Gasteiger charge is -2.17. The summed E-state index contributed by atoms with van der Waals surface area (Å²) in [6.07, 6.45) is 3.07. The van der Waals surface area contributed by atoms with Crippen molar-refractivity contribution in [1.82, 2.24) is 10.2 Å². The molecule has 0 radical (unpaired) electrons. The third kappa shape index (κ3) is 3.90. The summed E-state index contributed by atoms with van der Waals surface area (Å²) in [6, 6.07) is 14.0. The van der Waals surface area contributed by atoms with Crippen molar-refractivity contribution >= 4 is 6.08 Å². The Hall–Kier alpha value is -3.39. The molecule has 0 saturated carbocycles. The minimum Gasteiger partial charge on any atom is -0.207 e. The van der Waals surface area contributed by atoms with Gasteiger partial charge in [-0.25, -0.2) is 8.78 Å². The number of allylic oxidation sites excluding steroid dienone is 1. The molecule has 0 aliphatic carbocycles. The number of hydrogen-bond acceptors (Lipinski definition) is 3. The van der Waals surface area contributed by atoms with Gasteiger partial charge in [-0.2, -0.15) is 10.4 Å². The van der Waals surface area contributed by atoms with Gasteiger partial charge in [-0.3, -0.25) is 0 Å². The molecule has 3 aromatic rings. The first-order valence-corrected chi connectivity index (χ1v) is 8.50. The Morgan fingerprint density at radius 2 is 1.44 bits per heavy atom. The van der Waals surface area contributed by atoms with Crippen LogP contribution in [0.3, 0.4) is 0 Å². The van der Waals surface area contributed by atoms with Crippen molar-refractivity contribution in [1.29, 1.82) is 5.26 Å². The molecular weight excluding hydrogens is 344 g/mol. The Labute approximate surface area is 156 Å². The second-order valence-corrected chi connectivity index (χ2v) is 6.35. The number of benzene rings is 2. The highest BCUT2D eigenvalue weighted by Gasteiger charge is 2.19. The van der Waals surface area contributed by atoms with Crippen LogP contribution in [-0.2, 0) is 0 Å². The fourth-order valence-electron chi connectivity index (χ4n) is 2.90. The summed E-state index contributed by atoms with van der Waals surface area (Å²) in [5.74, 6) is -0.627. The van der Waals surface area contributed by atoms with Crippen molar-refractivity contribution in [2.45, 2.75) is 19.8 Å². The summed E-state index contributed by atoms with van der Waals surface area (Å²) in [7, 11) is 0. The smallest absolute Gasteiger partial charge is 0.123 e. The van der Waals surface area contributed by atoms with Gasteiger partial charge in [0.2, 0.25) is 0 Å². The molecule has 0 saturated heterocycles. The highest BCUT2D eigenvalue weighted by atomic mass is 19.1. The van der Waals surface area contributed by atoms with Crippen LogP contribution in [0, 0.1) is 23.0 Å². The summed E-state index contributed by atoms with van der Waals surface area (Å²) >= 11 is 0. The van der Waals surface area contributed by atoms with Crippen LogP contribution in [0.1, 0.15) is 31.0 Å². The number of nitrogens with zero attached hydrogens (tertiary/aromatic N) is 3. The molecule has 1 aromatic heterocycles. The van der Waals surface area contributed by atoms with E-state index >= 15 is 0 Å². The molecule has 0 spiro atoms. The Kier molecular flexibility index (Phi) is 5.37. The maximum absolute atomic E-state index is 13.5. The molecule has 0 unspecified atom stereocenters. The molecule has 27 heavy (non-hydrogen) atoms. The van der Waals surface area contributed by atoms with Gasteiger partial charge in [0.15, 0.2) is 0 Å². The van der Waals surface area contributed by atoms with Crippen LogP contribution >= 0.6 is 0 Å². The fraction of sp³-hybridized carbons (Fsp3) is 0.136. The number of halogens is 2. The van der Waals surface area contributed by atoms with Gasteiger partial charge in [0.05, 0.1) is 11.8 Å². The molecule has 2 aromatic carbocycles. The Morgan fingerprint density at radius 3 is 1.96 bits per heavy atom. The summed E-state index contributed by atoms with van der Waals surface area (Å²) in [5.41, 5.74) is 4.17. The van der Waals surface area contributed by atoms with Gasteiger partial charge in [0.25, 0.3) is 0 Å². The van der Waals surface area contributed by atoms with E-state index in [2.05, 4.69) is 10.2 Å². The molecule has 0 bridgehead atoms. The highest BCUT2D eigenvalue weighted by Crippen LogP contribution is 2.37. The van der Waals surface area contributed by atoms with Gasteiger partial charge in [-0.1, -0.05) is 26.0 Å². The minimum absolute atomic E-state index is 0.0670. The van der Waals surface area contributed by atoms with Crippen LogP contribution in [0.25, 0.3) is 28.5 Å². The van der Waals surface area contributed by atoms with Crippen molar-refractivity contribution in [3.05, 3.63) is 77.5 Å². The normalized spacial score (nSPS) is 11.1. The number of aromatic nitrogens is 2. The zero-order valence-electron chi connectivity index (χ0n) is 14.9. The van der Waals surface area contributed by atoms with E-state index in [4.69, 9.17) is 5.26 Å². The lowest BCUT2D eigenvalue weighted by molar-refractivity contribution is 0.627. The van der Waals surface area contributed by atoms with E-state index in [1.54, 1.807) is 30.3 Å². The number of nitriles is 1. The molecule has 0 N–H and O–H groups in total. The largest absolute Gasteiger partial charge is 0.207 e. The van der Waals surface area contributed by atoms with E-state index in [1.165, 1.54) is 30.3 Å². The maximum Gasteiger partial charge on any atom is 0.123 e. The van der Waals surface area contributed by atoms with Crippen LogP contribution in [-0.4, -0.2) is 10.2 Å². The van der Waals surface area contributed by atoms with E-state index in [9.17, 15) is 8.78 Å². The van der Waals surface area contributed by atoms with Gasteiger partial charge in [-0.05, 0) is 54.0 Å². The van der Waals surface area contributed by atoms with Crippen LogP contribution in [0.4, 0.5) is 8.78 Å². The zero-order valence-corrected chi connectivity index (χ0v) is 14.9. The topological polar surface area (TPSA) is 49.6 Å². The van der Waals surface area contributed by atoms with Crippen LogP contribution in [0.2, 0.25) is 0 Å². The van der Waals surface area contributed by atoms with Crippen LogP contribution in [0.5, 0.6) is 0 Å². The van der Waals surface area contributed by atoms with E-state index in [1.807, 2.05) is 19.9 Å². The molecule has 0 amide bonds. The lowest BCUT2D eigenvalue weighted by atomic mass is 9.91. The SMILES string of the molecule is CC(C)c1nnc(-c2ccc(F)cc2)c(-c2ccc(F)cc2)c1C=CC#N. The van der Waals surface area contributed by atoms with Crippen LogP contribution in [0.15, 0.2) is 54.6 Å². The Morgan fingerprint density at radius 1 is 0.889 bits per heavy atom. The van der Waals surface area contributed by atoms with Crippen molar-refractivity contribution in [3.63, 3.8) is 0 Å². The molecule has 5 heteroatoms. The highest BCUT2D eigenvalue weighted by molar-refractivity contribution is 5.88. The summed E-state index contributed by atoms with van der Waals surface area (Å²) in [6.45, 7) is 3.97. The summed E-state index contributed by atoms with van der Waals surface area (Å²) in [5, 5.41) is 17.7. The fourth-order valence-corrected chi connectivity index (χ4v) is 2.90. The predicted octanol–water partition coefficient (Wildman–Crippen LogP) is 5.75. The van der Waals surface area contributed by atoms with Gasteiger partial charge >= 0.3 is 0 Å². The van der Waals surface area contributed by atoms with E-state index in [-0.39, 0.29) is 17.6 Å². The molecule has 0 aliphatic heterocycles. The lowest BCUT2D eigenvalue weighted by Crippen LogP contribution is -2.05. The van der Waals surface area contributed by atoms with Gasteiger partial charge in [0.1, 0.15) is 17.3 Å². The maximum atomic E-state index is 13.5. The second-order valence-electron chi connectivity index (χ2n) is 6.35. The monoisotopic (exact) mass is 361 g/mol. The van der Waals surface area contributed by atoms with Gasteiger partial charge in [-0.15, -0.1) is 5.10 Å². The van der Waals surface area contributed by atoms with E-state index in [0.717, 1.165) is 22.4 Å². The second kappa shape index (κ2) is 7.88. The average molecular weight is 361 g/mol. The molecule has 134 valence electrons. The van der Waals surface area contributed by atoms with E-state index in [0.29, 0.717) is 11.3 Å². The summed E-state index contributed by atoms with van der Waals surface area (Å²) in [4.78, 5) is 0. The van der Waals surface area contributed by atoms with Crippen molar-refractivity contribution in [3.8, 4) is 28.5 Å². The van der Waals surface area contributed by atoms with E-state index < -0.39 is 0 Å². The summed E-state index contributed by atoms with van der Waals surface area (Å²) < 4.78 is 26.8. The quantitative estimate of drug-likeness (QED) is 0.556. The molecule has 0 atom stereocenters. The zero-order chi connectivity index (χ0) is 19.4. The molecular formula is C22H17F2N3. The van der Waals surface area contributed by atoms with Gasteiger partial charge in [0, 0.05) is 22.8 Å². The average Bonchev–Trinajstić information content (AvgIpc) is 2.67. The number of rotatable bonds is 4. The molecule has 0 fully saturated rings. The first kappa shape index (κ1) is 18.4. The van der Waals surface area contributed by atoms with Gasteiger partial charge < -0.3 is 0 Å². The van der Waals surface area contributed by atoms with Crippen molar-refractivity contribution < 1.29 is 8.78 Å². The Bertz CT molecular complexity index is 1020. The molecule has 3 rings (SSSR count). The molecule has 3 nitrogen and oxygen atoms in total. The minimum atomic E-state index is -0.349. The first-order chi connectivity index (χ1) is 13.0. The van der Waals surface area contributed by atoms with Crippen LogP contribution < -0.4 is 0 Å². The van der Waals surface area contributed by atoms with Crippen molar-refractivity contribution in [2.75, 3.05) is 0 Å². The molecule has 1 heterocycles.